The summed E-state index contributed by atoms with van der Waals surface area (Å²) in [7, 11) is 1.50. The van der Waals surface area contributed by atoms with Crippen LogP contribution in [0.5, 0.6) is 5.75 Å². The lowest BCUT2D eigenvalue weighted by Crippen LogP contribution is -2.51. The highest BCUT2D eigenvalue weighted by molar-refractivity contribution is 6.16. The minimum atomic E-state index is -1.39. The van der Waals surface area contributed by atoms with Gasteiger partial charge in [-0.2, -0.15) is 0 Å². The van der Waals surface area contributed by atoms with Crippen molar-refractivity contribution < 1.29 is 28.7 Å². The lowest BCUT2D eigenvalue weighted by molar-refractivity contribution is -0.151. The van der Waals surface area contributed by atoms with Crippen LogP contribution in [0.3, 0.4) is 0 Å². The van der Waals surface area contributed by atoms with Gasteiger partial charge in [0.05, 0.1) is 13.7 Å². The number of allylic oxidation sites excluding steroid dienone is 2. The molecule has 1 fully saturated rings. The SMILES string of the molecule is CCOC(=O)C1C(=O)C(=CC(=O)c2ccc(OC)cc2)N(NC(=O)c2ccccc2)C1N. The summed E-state index contributed by atoms with van der Waals surface area (Å²) in [5.74, 6) is -3.43. The zero-order valence-corrected chi connectivity index (χ0v) is 17.6. The summed E-state index contributed by atoms with van der Waals surface area (Å²) in [6.45, 7) is 1.65. The molecule has 1 aliphatic rings. The van der Waals surface area contributed by atoms with Crippen LogP contribution in [0.1, 0.15) is 27.6 Å². The highest BCUT2D eigenvalue weighted by Gasteiger charge is 2.48. The molecule has 2 aromatic rings. The van der Waals surface area contributed by atoms with Crippen LogP contribution in [-0.2, 0) is 14.3 Å². The number of nitrogens with zero attached hydrogens (tertiary/aromatic N) is 1. The monoisotopic (exact) mass is 437 g/mol. The van der Waals surface area contributed by atoms with E-state index in [0.717, 1.165) is 11.1 Å². The fraction of sp³-hybridized carbons (Fsp3) is 0.217. The normalized spacial score (nSPS) is 19.0. The summed E-state index contributed by atoms with van der Waals surface area (Å²) in [4.78, 5) is 50.8. The molecule has 0 radical (unpaired) electrons. The molecule has 0 saturated carbocycles. The molecule has 0 spiro atoms. The number of methoxy groups -OCH3 is 1. The maximum absolute atomic E-state index is 13.0. The summed E-state index contributed by atoms with van der Waals surface area (Å²) in [6.07, 6.45) is -0.196. The summed E-state index contributed by atoms with van der Waals surface area (Å²) in [5.41, 5.74) is 9.05. The predicted molar refractivity (Wildman–Crippen MR) is 114 cm³/mol. The second kappa shape index (κ2) is 9.88. The van der Waals surface area contributed by atoms with E-state index in [9.17, 15) is 19.2 Å². The van der Waals surface area contributed by atoms with Gasteiger partial charge < -0.3 is 15.2 Å². The van der Waals surface area contributed by atoms with E-state index in [1.807, 2.05) is 0 Å². The number of ketones is 2. The second-order valence-corrected chi connectivity index (χ2v) is 6.88. The minimum absolute atomic E-state index is 0.0511. The Bertz CT molecular complexity index is 1050. The smallest absolute Gasteiger partial charge is 0.320 e. The number of amides is 1. The number of nitrogens with two attached hydrogens (primary N) is 1. The fourth-order valence-corrected chi connectivity index (χ4v) is 3.22. The predicted octanol–water partition coefficient (Wildman–Crippen LogP) is 1.46. The zero-order valence-electron chi connectivity index (χ0n) is 17.6. The number of hydrazine groups is 1. The molecule has 2 aromatic carbocycles. The van der Waals surface area contributed by atoms with Crippen LogP contribution >= 0.6 is 0 Å². The molecule has 3 N–H and O–H groups in total. The van der Waals surface area contributed by atoms with Gasteiger partial charge in [-0.1, -0.05) is 18.2 Å². The molecule has 3 rings (SSSR count). The molecular weight excluding hydrogens is 414 g/mol. The third-order valence-electron chi connectivity index (χ3n) is 4.87. The highest BCUT2D eigenvalue weighted by atomic mass is 16.5. The molecule has 0 bridgehead atoms. The van der Waals surface area contributed by atoms with Crippen molar-refractivity contribution >= 4 is 23.4 Å². The lowest BCUT2D eigenvalue weighted by Gasteiger charge is -2.25. The van der Waals surface area contributed by atoms with Crippen molar-refractivity contribution in [2.24, 2.45) is 11.7 Å². The summed E-state index contributed by atoms with van der Waals surface area (Å²) >= 11 is 0. The van der Waals surface area contributed by atoms with Gasteiger partial charge in [0.2, 0.25) is 0 Å². The van der Waals surface area contributed by atoms with Crippen molar-refractivity contribution in [2.75, 3.05) is 13.7 Å². The van der Waals surface area contributed by atoms with Gasteiger partial charge in [-0.3, -0.25) is 29.6 Å². The molecule has 32 heavy (non-hydrogen) atoms. The number of esters is 1. The van der Waals surface area contributed by atoms with E-state index >= 15 is 0 Å². The van der Waals surface area contributed by atoms with Crippen molar-refractivity contribution in [2.45, 2.75) is 13.1 Å². The Labute approximate surface area is 184 Å². The number of Topliss-reactive ketones (excluding diaryl/α,β-unsaturated/α-hetero) is 1. The van der Waals surface area contributed by atoms with E-state index in [1.165, 1.54) is 19.2 Å². The van der Waals surface area contributed by atoms with Gasteiger partial charge in [-0.15, -0.1) is 0 Å². The number of benzene rings is 2. The Balaban J connectivity index is 1.95. The maximum atomic E-state index is 13.0. The molecule has 0 aliphatic carbocycles. The lowest BCUT2D eigenvalue weighted by atomic mass is 10.0. The van der Waals surface area contributed by atoms with Gasteiger partial charge in [0.25, 0.3) is 5.91 Å². The number of rotatable bonds is 7. The van der Waals surface area contributed by atoms with Gasteiger partial charge in [0.15, 0.2) is 17.5 Å². The second-order valence-electron chi connectivity index (χ2n) is 6.88. The van der Waals surface area contributed by atoms with E-state index < -0.39 is 35.5 Å². The molecule has 1 amide bonds. The van der Waals surface area contributed by atoms with Crippen molar-refractivity contribution in [1.29, 1.82) is 0 Å². The Kier molecular flexibility index (Phi) is 7.01. The van der Waals surface area contributed by atoms with Gasteiger partial charge >= 0.3 is 5.97 Å². The van der Waals surface area contributed by atoms with Gasteiger partial charge in [-0.05, 0) is 43.3 Å². The maximum Gasteiger partial charge on any atom is 0.320 e. The molecule has 166 valence electrons. The van der Waals surface area contributed by atoms with Crippen molar-refractivity contribution in [3.05, 3.63) is 77.5 Å². The van der Waals surface area contributed by atoms with Crippen LogP contribution in [0.25, 0.3) is 0 Å². The van der Waals surface area contributed by atoms with E-state index in [0.29, 0.717) is 11.3 Å². The molecule has 0 aromatic heterocycles. The molecular formula is C23H23N3O6. The highest BCUT2D eigenvalue weighted by Crippen LogP contribution is 2.27. The zero-order chi connectivity index (χ0) is 23.3. The molecule has 1 heterocycles. The van der Waals surface area contributed by atoms with Crippen LogP contribution in [0.4, 0.5) is 0 Å². The Morgan fingerprint density at radius 2 is 1.72 bits per heavy atom. The first kappa shape index (κ1) is 22.7. The summed E-state index contributed by atoms with van der Waals surface area (Å²) in [6, 6.07) is 14.5. The number of hydrogen-bond acceptors (Lipinski definition) is 8. The largest absolute Gasteiger partial charge is 0.497 e. The van der Waals surface area contributed by atoms with Crippen LogP contribution in [0.15, 0.2) is 66.4 Å². The molecule has 1 aliphatic heterocycles. The molecule has 2 atom stereocenters. The van der Waals surface area contributed by atoms with Gasteiger partial charge in [0.1, 0.15) is 17.6 Å². The average molecular weight is 437 g/mol. The fourth-order valence-electron chi connectivity index (χ4n) is 3.22. The van der Waals surface area contributed by atoms with Crippen molar-refractivity contribution in [3.8, 4) is 5.75 Å². The summed E-state index contributed by atoms with van der Waals surface area (Å²) in [5, 5.41) is 1.04. The van der Waals surface area contributed by atoms with Crippen LogP contribution < -0.4 is 15.9 Å². The first-order chi connectivity index (χ1) is 15.4. The third-order valence-corrected chi connectivity index (χ3v) is 4.87. The van der Waals surface area contributed by atoms with E-state index in [-0.39, 0.29) is 17.9 Å². The number of hydrogen-bond donors (Lipinski definition) is 2. The first-order valence-electron chi connectivity index (χ1n) is 9.89. The van der Waals surface area contributed by atoms with E-state index in [2.05, 4.69) is 5.43 Å². The molecule has 9 heteroatoms. The quantitative estimate of drug-likeness (QED) is 0.288. The van der Waals surface area contributed by atoms with Crippen LogP contribution in [0.2, 0.25) is 0 Å². The minimum Gasteiger partial charge on any atom is -0.497 e. The van der Waals surface area contributed by atoms with Crippen LogP contribution in [-0.4, -0.2) is 48.3 Å². The Morgan fingerprint density at radius 3 is 2.31 bits per heavy atom. The molecule has 1 saturated heterocycles. The van der Waals surface area contributed by atoms with Crippen molar-refractivity contribution in [1.82, 2.24) is 10.4 Å². The van der Waals surface area contributed by atoms with E-state index in [1.54, 1.807) is 49.4 Å². The standard InChI is InChI=1S/C23H23N3O6/c1-3-32-23(30)19-20(28)17(13-18(27)14-9-11-16(31-2)12-10-14)26(21(19)24)25-22(29)15-7-5-4-6-8-15/h4-13,19,21H,3,24H2,1-2H3,(H,25,29). The topological polar surface area (TPSA) is 128 Å². The number of carbonyl (C=O) groups is 4. The number of carbonyl (C=O) groups excluding carboxylic acids is 4. The van der Waals surface area contributed by atoms with Gasteiger partial charge in [0, 0.05) is 17.2 Å². The molecule has 2 unspecified atom stereocenters. The van der Waals surface area contributed by atoms with Gasteiger partial charge in [-0.25, -0.2) is 0 Å². The molecule has 9 nitrogen and oxygen atoms in total. The van der Waals surface area contributed by atoms with Crippen molar-refractivity contribution in [3.63, 3.8) is 0 Å². The van der Waals surface area contributed by atoms with Crippen LogP contribution in [0, 0.1) is 5.92 Å². The number of nitrogens with one attached hydrogen (secondary N) is 1. The average Bonchev–Trinajstić information content (AvgIpc) is 3.03. The Morgan fingerprint density at radius 1 is 1.06 bits per heavy atom. The Hall–Kier alpha value is -3.98. The number of ether oxygens (including phenoxy) is 2. The first-order valence-corrected chi connectivity index (χ1v) is 9.89. The van der Waals surface area contributed by atoms with E-state index in [4.69, 9.17) is 15.2 Å². The third kappa shape index (κ3) is 4.68. The summed E-state index contributed by atoms with van der Waals surface area (Å²) < 4.78 is 10.0.